The fourth-order valence-corrected chi connectivity index (χ4v) is 1.88. The summed E-state index contributed by atoms with van der Waals surface area (Å²) in [7, 11) is 0. The number of hydrogen-bond donors (Lipinski definition) is 0. The SMILES string of the molecule is Clc1ccccc1C1CCC[N]1. The van der Waals surface area contributed by atoms with E-state index in [-0.39, 0.29) is 0 Å². The minimum atomic E-state index is 0.360. The average Bonchev–Trinajstić information content (AvgIpc) is 2.57. The van der Waals surface area contributed by atoms with Gasteiger partial charge in [-0.15, -0.1) is 0 Å². The van der Waals surface area contributed by atoms with Crippen LogP contribution in [0.4, 0.5) is 0 Å². The van der Waals surface area contributed by atoms with Crippen LogP contribution >= 0.6 is 11.6 Å². The molecule has 1 radical (unpaired) electrons. The molecule has 1 aromatic carbocycles. The summed E-state index contributed by atoms with van der Waals surface area (Å²) in [6, 6.07) is 8.35. The molecule has 1 unspecified atom stereocenters. The molecule has 1 aromatic rings. The van der Waals surface area contributed by atoms with E-state index in [2.05, 4.69) is 11.4 Å². The fourth-order valence-electron chi connectivity index (χ4n) is 1.62. The predicted molar refractivity (Wildman–Crippen MR) is 50.4 cm³/mol. The Labute approximate surface area is 77.7 Å². The molecule has 0 saturated carbocycles. The maximum Gasteiger partial charge on any atom is 0.0510 e. The summed E-state index contributed by atoms with van der Waals surface area (Å²) in [5.41, 5.74) is 1.19. The minimum Gasteiger partial charge on any atom is -0.234 e. The van der Waals surface area contributed by atoms with Crippen LogP contribution < -0.4 is 5.32 Å². The number of hydrogen-bond acceptors (Lipinski definition) is 0. The van der Waals surface area contributed by atoms with Gasteiger partial charge in [-0.1, -0.05) is 29.8 Å². The first-order valence-corrected chi connectivity index (χ1v) is 4.67. The molecule has 0 bridgehead atoms. The van der Waals surface area contributed by atoms with Crippen LogP contribution in [0.3, 0.4) is 0 Å². The lowest BCUT2D eigenvalue weighted by Gasteiger charge is -2.09. The van der Waals surface area contributed by atoms with Crippen LogP contribution in [-0.2, 0) is 0 Å². The molecule has 63 valence electrons. The largest absolute Gasteiger partial charge is 0.234 e. The van der Waals surface area contributed by atoms with E-state index < -0.39 is 0 Å². The predicted octanol–water partition coefficient (Wildman–Crippen LogP) is 2.78. The molecule has 1 fully saturated rings. The summed E-state index contributed by atoms with van der Waals surface area (Å²) in [6.45, 7) is 0.996. The number of benzene rings is 1. The van der Waals surface area contributed by atoms with Crippen molar-refractivity contribution in [3.8, 4) is 0 Å². The number of halogens is 1. The van der Waals surface area contributed by atoms with Gasteiger partial charge in [0.1, 0.15) is 0 Å². The zero-order chi connectivity index (χ0) is 8.39. The lowest BCUT2D eigenvalue weighted by molar-refractivity contribution is 0.635. The Hall–Kier alpha value is -0.530. The van der Waals surface area contributed by atoms with Crippen molar-refractivity contribution in [3.63, 3.8) is 0 Å². The van der Waals surface area contributed by atoms with E-state index in [0.717, 1.165) is 18.0 Å². The summed E-state index contributed by atoms with van der Waals surface area (Å²) in [5, 5.41) is 5.34. The third-order valence-electron chi connectivity index (χ3n) is 2.25. The number of nitrogens with zero attached hydrogens (tertiary/aromatic N) is 1. The maximum atomic E-state index is 6.04. The average molecular weight is 181 g/mol. The summed E-state index contributed by atoms with van der Waals surface area (Å²) >= 11 is 6.04. The molecule has 2 heteroatoms. The number of rotatable bonds is 1. The van der Waals surface area contributed by atoms with Gasteiger partial charge in [0.15, 0.2) is 0 Å². The lowest BCUT2D eigenvalue weighted by atomic mass is 10.1. The molecule has 1 heterocycles. The molecule has 0 spiro atoms. The minimum absolute atomic E-state index is 0.360. The van der Waals surface area contributed by atoms with Crippen LogP contribution in [0.15, 0.2) is 24.3 Å². The Kier molecular flexibility index (Phi) is 2.33. The highest BCUT2D eigenvalue weighted by Crippen LogP contribution is 2.29. The van der Waals surface area contributed by atoms with Gasteiger partial charge < -0.3 is 0 Å². The third-order valence-corrected chi connectivity index (χ3v) is 2.59. The van der Waals surface area contributed by atoms with Crippen LogP contribution in [0.25, 0.3) is 0 Å². The molecule has 0 aliphatic carbocycles. The van der Waals surface area contributed by atoms with Gasteiger partial charge in [-0.25, -0.2) is 5.32 Å². The van der Waals surface area contributed by atoms with Crippen LogP contribution in [0.5, 0.6) is 0 Å². The van der Waals surface area contributed by atoms with Crippen molar-refractivity contribution in [1.29, 1.82) is 0 Å². The summed E-state index contributed by atoms with van der Waals surface area (Å²) < 4.78 is 0. The highest BCUT2D eigenvalue weighted by Gasteiger charge is 2.19. The van der Waals surface area contributed by atoms with Crippen molar-refractivity contribution in [1.82, 2.24) is 5.32 Å². The van der Waals surface area contributed by atoms with Crippen LogP contribution in [0, 0.1) is 0 Å². The summed E-state index contributed by atoms with van der Waals surface area (Å²) in [5.74, 6) is 0. The maximum absolute atomic E-state index is 6.04. The lowest BCUT2D eigenvalue weighted by Crippen LogP contribution is -2.05. The van der Waals surface area contributed by atoms with Gasteiger partial charge >= 0.3 is 0 Å². The Morgan fingerprint density at radius 1 is 1.33 bits per heavy atom. The van der Waals surface area contributed by atoms with Gasteiger partial charge in [-0.2, -0.15) is 0 Å². The second-order valence-corrected chi connectivity index (χ2v) is 3.49. The molecular formula is C10H11ClN. The first kappa shape index (κ1) is 8.09. The van der Waals surface area contributed by atoms with Crippen molar-refractivity contribution >= 4 is 11.6 Å². The van der Waals surface area contributed by atoms with Crippen molar-refractivity contribution in [2.45, 2.75) is 18.9 Å². The highest BCUT2D eigenvalue weighted by atomic mass is 35.5. The fraction of sp³-hybridized carbons (Fsp3) is 0.400. The molecule has 1 aliphatic heterocycles. The van der Waals surface area contributed by atoms with E-state index in [1.807, 2.05) is 18.2 Å². The second kappa shape index (κ2) is 3.46. The van der Waals surface area contributed by atoms with E-state index in [0.29, 0.717) is 6.04 Å². The van der Waals surface area contributed by atoms with Gasteiger partial charge in [0.05, 0.1) is 6.04 Å². The van der Waals surface area contributed by atoms with Gasteiger partial charge in [0.2, 0.25) is 0 Å². The van der Waals surface area contributed by atoms with Crippen molar-refractivity contribution < 1.29 is 0 Å². The standard InChI is InChI=1S/C10H11ClN/c11-9-5-2-1-4-8(9)10-6-3-7-12-10/h1-2,4-5,10H,3,6-7H2. The van der Waals surface area contributed by atoms with Gasteiger partial charge in [0.25, 0.3) is 0 Å². The molecule has 12 heavy (non-hydrogen) atoms. The van der Waals surface area contributed by atoms with Crippen LogP contribution in [0.1, 0.15) is 24.4 Å². The van der Waals surface area contributed by atoms with E-state index in [4.69, 9.17) is 11.6 Å². The third kappa shape index (κ3) is 1.47. The topological polar surface area (TPSA) is 14.1 Å². The summed E-state index contributed by atoms with van der Waals surface area (Å²) in [4.78, 5) is 0. The first-order valence-electron chi connectivity index (χ1n) is 4.29. The van der Waals surface area contributed by atoms with Crippen LogP contribution in [-0.4, -0.2) is 6.54 Å². The molecule has 1 aliphatic rings. The van der Waals surface area contributed by atoms with E-state index in [1.165, 1.54) is 12.0 Å². The molecule has 1 saturated heterocycles. The normalized spacial score (nSPS) is 22.9. The second-order valence-electron chi connectivity index (χ2n) is 3.09. The van der Waals surface area contributed by atoms with Gasteiger partial charge in [-0.3, -0.25) is 0 Å². The zero-order valence-corrected chi connectivity index (χ0v) is 7.59. The zero-order valence-electron chi connectivity index (χ0n) is 6.83. The molecule has 0 N–H and O–H groups in total. The van der Waals surface area contributed by atoms with Crippen LogP contribution in [0.2, 0.25) is 5.02 Å². The molecule has 2 rings (SSSR count). The smallest absolute Gasteiger partial charge is 0.0510 e. The van der Waals surface area contributed by atoms with Gasteiger partial charge in [-0.05, 0) is 24.5 Å². The molecule has 1 nitrogen and oxygen atoms in total. The molecule has 0 amide bonds. The Balaban J connectivity index is 2.26. The Morgan fingerprint density at radius 2 is 2.17 bits per heavy atom. The van der Waals surface area contributed by atoms with E-state index in [1.54, 1.807) is 0 Å². The van der Waals surface area contributed by atoms with E-state index >= 15 is 0 Å². The van der Waals surface area contributed by atoms with Crippen molar-refractivity contribution in [2.24, 2.45) is 0 Å². The summed E-state index contributed by atoms with van der Waals surface area (Å²) in [6.07, 6.45) is 2.36. The van der Waals surface area contributed by atoms with Gasteiger partial charge in [0, 0.05) is 11.6 Å². The quantitative estimate of drug-likeness (QED) is 0.631. The van der Waals surface area contributed by atoms with E-state index in [9.17, 15) is 0 Å². The molecule has 0 aromatic heterocycles. The van der Waals surface area contributed by atoms with Crippen molar-refractivity contribution in [2.75, 3.05) is 6.54 Å². The highest BCUT2D eigenvalue weighted by molar-refractivity contribution is 6.31. The Morgan fingerprint density at radius 3 is 2.83 bits per heavy atom. The Bertz CT molecular complexity index is 266. The first-order chi connectivity index (χ1) is 5.88. The monoisotopic (exact) mass is 180 g/mol. The van der Waals surface area contributed by atoms with Crippen molar-refractivity contribution in [3.05, 3.63) is 34.9 Å². The molecule has 1 atom stereocenters. The molecular weight excluding hydrogens is 170 g/mol.